The third-order valence-electron chi connectivity index (χ3n) is 3.81. The van der Waals surface area contributed by atoms with E-state index in [0.29, 0.717) is 24.7 Å². The third kappa shape index (κ3) is 3.75. The summed E-state index contributed by atoms with van der Waals surface area (Å²) in [6.07, 6.45) is 0.302. The van der Waals surface area contributed by atoms with Crippen molar-refractivity contribution in [1.29, 1.82) is 0 Å². The first-order valence-corrected chi connectivity index (χ1v) is 9.82. The van der Waals surface area contributed by atoms with Crippen molar-refractivity contribution in [3.8, 4) is 0 Å². The van der Waals surface area contributed by atoms with Gasteiger partial charge in [0.05, 0.1) is 21.9 Å². The monoisotopic (exact) mass is 356 g/mol. The average molecular weight is 356 g/mol. The van der Waals surface area contributed by atoms with E-state index in [-0.39, 0.29) is 12.1 Å². The molecule has 0 aromatic carbocycles. The molecule has 2 heterocycles. The first-order chi connectivity index (χ1) is 11.0. The number of carbonyl (C=O) groups is 1. The van der Waals surface area contributed by atoms with E-state index < -0.39 is 15.3 Å². The summed E-state index contributed by atoms with van der Waals surface area (Å²) in [7, 11) is -1.06. The van der Waals surface area contributed by atoms with Crippen LogP contribution in [-0.2, 0) is 27.4 Å². The summed E-state index contributed by atoms with van der Waals surface area (Å²) in [4.78, 5) is 18.5. The van der Waals surface area contributed by atoms with Crippen LogP contribution in [0, 0.1) is 0 Å². The highest BCUT2D eigenvalue weighted by Gasteiger charge is 2.31. The Labute approximate surface area is 144 Å². The Morgan fingerprint density at radius 2 is 2.04 bits per heavy atom. The van der Waals surface area contributed by atoms with Crippen molar-refractivity contribution in [2.45, 2.75) is 64.4 Å². The molecule has 1 atom stereocenters. The Bertz CT molecular complexity index is 729. The largest absolute Gasteiger partial charge is 0.444 e. The zero-order valence-electron chi connectivity index (χ0n) is 15.4. The van der Waals surface area contributed by atoms with Gasteiger partial charge in [0.1, 0.15) is 5.60 Å². The second kappa shape index (κ2) is 6.40. The molecule has 1 aromatic rings. The Hall–Kier alpha value is -1.54. The molecular weight excluding hydrogens is 328 g/mol. The van der Waals surface area contributed by atoms with E-state index in [1.807, 2.05) is 39.2 Å². The highest BCUT2D eigenvalue weighted by molar-refractivity contribution is 7.98. The van der Waals surface area contributed by atoms with Crippen LogP contribution in [0.25, 0.3) is 0 Å². The lowest BCUT2D eigenvalue weighted by Gasteiger charge is -2.30. The van der Waals surface area contributed by atoms with Crippen molar-refractivity contribution in [3.63, 3.8) is 0 Å². The number of hydrogen-bond donors (Lipinski definition) is 1. The molecule has 0 saturated carbocycles. The predicted octanol–water partition coefficient (Wildman–Crippen LogP) is 1.97. The molecule has 1 amide bonds. The second-order valence-corrected chi connectivity index (χ2v) is 9.41. The zero-order valence-corrected chi connectivity index (χ0v) is 16.2. The van der Waals surface area contributed by atoms with Gasteiger partial charge in [-0.1, -0.05) is 0 Å². The predicted molar refractivity (Wildman–Crippen MR) is 95.5 cm³/mol. The highest BCUT2D eigenvalue weighted by Crippen LogP contribution is 2.27. The fraction of sp³-hybridized carbons (Fsp3) is 0.688. The molecule has 0 bridgehead atoms. The van der Waals surface area contributed by atoms with Crippen molar-refractivity contribution in [3.05, 3.63) is 11.4 Å². The first kappa shape index (κ1) is 18.8. The summed E-state index contributed by atoms with van der Waals surface area (Å²) in [6.45, 7) is 10.5. The SMILES string of the molecule is C=S(=O)(NC)c1nc2c(n1C(C)C)CCN(C(=O)OC(C)(C)C)C2. The number of nitrogens with zero attached hydrogens (tertiary/aromatic N) is 3. The number of aromatic nitrogens is 2. The van der Waals surface area contributed by atoms with Gasteiger partial charge in [-0.3, -0.25) is 0 Å². The number of rotatable bonds is 3. The lowest BCUT2D eigenvalue weighted by Crippen LogP contribution is -2.40. The Morgan fingerprint density at radius 1 is 1.42 bits per heavy atom. The minimum atomic E-state index is -2.67. The van der Waals surface area contributed by atoms with Gasteiger partial charge in [-0.25, -0.2) is 18.7 Å². The fourth-order valence-electron chi connectivity index (χ4n) is 2.72. The van der Waals surface area contributed by atoms with Gasteiger partial charge in [0, 0.05) is 24.7 Å². The van der Waals surface area contributed by atoms with Gasteiger partial charge in [0.25, 0.3) is 0 Å². The van der Waals surface area contributed by atoms with Crippen LogP contribution in [0.3, 0.4) is 0 Å². The Kier molecular flexibility index (Phi) is 5.01. The zero-order chi connectivity index (χ0) is 18.3. The smallest absolute Gasteiger partial charge is 0.410 e. The van der Waals surface area contributed by atoms with Crippen LogP contribution in [0.15, 0.2) is 5.16 Å². The van der Waals surface area contributed by atoms with Gasteiger partial charge < -0.3 is 14.2 Å². The second-order valence-electron chi connectivity index (χ2n) is 7.28. The van der Waals surface area contributed by atoms with Crippen LogP contribution in [0.2, 0.25) is 0 Å². The molecule has 1 unspecified atom stereocenters. The molecule has 7 nitrogen and oxygen atoms in total. The summed E-state index contributed by atoms with van der Waals surface area (Å²) in [6, 6.07) is 0.111. The van der Waals surface area contributed by atoms with Crippen molar-refractivity contribution in [1.82, 2.24) is 19.2 Å². The molecule has 0 radical (unpaired) electrons. The molecule has 24 heavy (non-hydrogen) atoms. The van der Waals surface area contributed by atoms with Gasteiger partial charge in [-0.2, -0.15) is 0 Å². The lowest BCUT2D eigenvalue weighted by atomic mass is 10.1. The number of nitrogens with one attached hydrogen (secondary N) is 1. The Morgan fingerprint density at radius 3 is 2.54 bits per heavy atom. The number of hydrogen-bond acceptors (Lipinski definition) is 4. The molecule has 0 saturated heterocycles. The summed E-state index contributed by atoms with van der Waals surface area (Å²) in [5.74, 6) is 3.78. The van der Waals surface area contributed by atoms with Crippen LogP contribution in [-0.4, -0.2) is 49.8 Å². The average Bonchev–Trinajstić information content (AvgIpc) is 2.84. The molecule has 1 aromatic heterocycles. The molecule has 1 N–H and O–H groups in total. The molecular formula is C16H28N4O3S. The highest BCUT2D eigenvalue weighted by atomic mass is 32.2. The first-order valence-electron chi connectivity index (χ1n) is 8.10. The fourth-order valence-corrected chi connectivity index (χ4v) is 3.80. The topological polar surface area (TPSA) is 76.5 Å². The molecule has 0 fully saturated rings. The van der Waals surface area contributed by atoms with Gasteiger partial charge >= 0.3 is 6.09 Å². The molecule has 8 heteroatoms. The number of ether oxygens (including phenoxy) is 1. The normalized spacial score (nSPS) is 17.5. The number of amides is 1. The van der Waals surface area contributed by atoms with Crippen molar-refractivity contribution in [2.75, 3.05) is 13.6 Å². The van der Waals surface area contributed by atoms with E-state index in [0.717, 1.165) is 11.4 Å². The van der Waals surface area contributed by atoms with Crippen LogP contribution in [0.4, 0.5) is 4.79 Å². The maximum absolute atomic E-state index is 12.7. The summed E-state index contributed by atoms with van der Waals surface area (Å²) < 4.78 is 22.9. The van der Waals surface area contributed by atoms with Crippen molar-refractivity contribution >= 4 is 21.7 Å². The minimum absolute atomic E-state index is 0.111. The molecule has 136 valence electrons. The molecule has 2 rings (SSSR count). The standard InChI is InChI=1S/C16H28N4O3S/c1-11(2)20-13-8-9-19(15(21)23-16(3,4)5)10-12(13)18-14(20)24(7,22)17-6/h11H,7-10H2,1-6H3,(H,17,22). The van der Waals surface area contributed by atoms with Crippen molar-refractivity contribution < 1.29 is 13.7 Å². The van der Waals surface area contributed by atoms with Gasteiger partial charge in [0.2, 0.25) is 5.16 Å². The molecule has 1 aliphatic heterocycles. The number of fused-ring (bicyclic) bond motifs is 1. The van der Waals surface area contributed by atoms with E-state index in [1.54, 1.807) is 11.9 Å². The van der Waals surface area contributed by atoms with Gasteiger partial charge in [-0.15, -0.1) is 0 Å². The van der Waals surface area contributed by atoms with E-state index in [2.05, 4.69) is 15.6 Å². The van der Waals surface area contributed by atoms with E-state index in [9.17, 15) is 9.00 Å². The maximum atomic E-state index is 12.7. The van der Waals surface area contributed by atoms with Crippen LogP contribution in [0.1, 0.15) is 52.0 Å². The van der Waals surface area contributed by atoms with Gasteiger partial charge in [0.15, 0.2) is 0 Å². The van der Waals surface area contributed by atoms with E-state index in [1.165, 1.54) is 0 Å². The Balaban J connectivity index is 2.36. The molecule has 0 aliphatic carbocycles. The van der Waals surface area contributed by atoms with Crippen LogP contribution < -0.4 is 4.72 Å². The number of carbonyl (C=O) groups excluding carboxylic acids is 1. The summed E-state index contributed by atoms with van der Waals surface area (Å²) in [5, 5.41) is 0.441. The quantitative estimate of drug-likeness (QED) is 0.840. The third-order valence-corrected chi connectivity index (χ3v) is 5.35. The molecule has 0 spiro atoms. The lowest BCUT2D eigenvalue weighted by molar-refractivity contribution is 0.0220. The van der Waals surface area contributed by atoms with Gasteiger partial charge in [-0.05, 0) is 47.5 Å². The molecule has 1 aliphatic rings. The minimum Gasteiger partial charge on any atom is -0.444 e. The number of imidazole rings is 1. The van der Waals surface area contributed by atoms with Crippen LogP contribution >= 0.6 is 0 Å². The summed E-state index contributed by atoms with van der Waals surface area (Å²) >= 11 is 0. The van der Waals surface area contributed by atoms with Crippen molar-refractivity contribution in [2.24, 2.45) is 0 Å². The summed E-state index contributed by atoms with van der Waals surface area (Å²) in [5.41, 5.74) is 1.25. The maximum Gasteiger partial charge on any atom is 0.410 e. The van der Waals surface area contributed by atoms with E-state index in [4.69, 9.17) is 4.74 Å². The van der Waals surface area contributed by atoms with E-state index >= 15 is 0 Å². The van der Waals surface area contributed by atoms with Crippen LogP contribution in [0.5, 0.6) is 0 Å².